The van der Waals surface area contributed by atoms with E-state index in [1.807, 2.05) is 0 Å². The van der Waals surface area contributed by atoms with Gasteiger partial charge in [-0.1, -0.05) is 25.7 Å². The van der Waals surface area contributed by atoms with Crippen molar-refractivity contribution in [2.75, 3.05) is 13.1 Å². The molecule has 2 rings (SSSR count). The van der Waals surface area contributed by atoms with Crippen LogP contribution in [0.2, 0.25) is 0 Å². The Balaban J connectivity index is 1.83. The second kappa shape index (κ2) is 6.78. The van der Waals surface area contributed by atoms with E-state index in [9.17, 15) is 9.59 Å². The molecule has 0 aromatic rings. The monoisotopic (exact) mass is 268 g/mol. The number of aliphatic carboxylic acids is 1. The Morgan fingerprint density at radius 3 is 2.32 bits per heavy atom. The molecule has 19 heavy (non-hydrogen) atoms. The third-order valence-electron chi connectivity index (χ3n) is 4.24. The van der Waals surface area contributed by atoms with Gasteiger partial charge in [0.25, 0.3) is 0 Å². The Morgan fingerprint density at radius 2 is 1.68 bits per heavy atom. The maximum absolute atomic E-state index is 12.2. The molecule has 1 aliphatic heterocycles. The quantitative estimate of drug-likeness (QED) is 0.754. The average Bonchev–Trinajstić information content (AvgIpc) is 2.67. The Bertz CT molecular complexity index is 325. The Morgan fingerprint density at radius 1 is 1.00 bits per heavy atom. The zero-order chi connectivity index (χ0) is 13.7. The van der Waals surface area contributed by atoms with Crippen LogP contribution in [0.15, 0.2) is 0 Å². The zero-order valence-electron chi connectivity index (χ0n) is 11.4. The van der Waals surface area contributed by atoms with Crippen LogP contribution in [0.1, 0.15) is 51.4 Å². The van der Waals surface area contributed by atoms with E-state index < -0.39 is 11.9 Å². The summed E-state index contributed by atoms with van der Waals surface area (Å²) in [5.74, 6) is -1.18. The number of carbonyl (C=O) groups excluding carboxylic acids is 1. The highest BCUT2D eigenvalue weighted by atomic mass is 16.4. The minimum atomic E-state index is -0.785. The fraction of sp³-hybridized carbons (Fsp3) is 0.857. The molecule has 1 heterocycles. The van der Waals surface area contributed by atoms with Gasteiger partial charge in [0.1, 0.15) is 0 Å². The molecular weight excluding hydrogens is 244 g/mol. The van der Waals surface area contributed by atoms with Gasteiger partial charge in [-0.05, 0) is 25.7 Å². The number of carboxylic acid groups (broad SMARTS) is 1. The number of carbonyl (C=O) groups is 2. The van der Waals surface area contributed by atoms with Crippen molar-refractivity contribution < 1.29 is 14.7 Å². The molecule has 1 saturated heterocycles. The zero-order valence-corrected chi connectivity index (χ0v) is 11.4. The van der Waals surface area contributed by atoms with Gasteiger partial charge in [-0.15, -0.1) is 0 Å². The lowest BCUT2D eigenvalue weighted by Gasteiger charge is -2.32. The number of likely N-dealkylation sites (tertiary alicyclic amines) is 1. The maximum atomic E-state index is 12.2. The summed E-state index contributed by atoms with van der Waals surface area (Å²) < 4.78 is 0. The minimum absolute atomic E-state index is 0.0714. The van der Waals surface area contributed by atoms with Gasteiger partial charge >= 0.3 is 12.0 Å². The molecule has 1 aliphatic carbocycles. The summed E-state index contributed by atoms with van der Waals surface area (Å²) in [7, 11) is 0. The summed E-state index contributed by atoms with van der Waals surface area (Å²) in [5, 5.41) is 12.1. The molecule has 1 saturated carbocycles. The molecule has 0 aromatic carbocycles. The van der Waals surface area contributed by atoms with Crippen molar-refractivity contribution in [2.24, 2.45) is 5.92 Å². The first kappa shape index (κ1) is 14.2. The largest absolute Gasteiger partial charge is 0.481 e. The highest BCUT2D eigenvalue weighted by Gasteiger charge is 2.29. The van der Waals surface area contributed by atoms with E-state index in [2.05, 4.69) is 5.32 Å². The number of hydrogen-bond acceptors (Lipinski definition) is 2. The molecule has 2 amide bonds. The van der Waals surface area contributed by atoms with Crippen LogP contribution < -0.4 is 5.32 Å². The van der Waals surface area contributed by atoms with Gasteiger partial charge < -0.3 is 15.3 Å². The van der Waals surface area contributed by atoms with Gasteiger partial charge in [-0.25, -0.2) is 4.79 Å². The molecule has 108 valence electrons. The molecule has 2 fully saturated rings. The number of nitrogens with zero attached hydrogens (tertiary/aromatic N) is 1. The second-order valence-electron chi connectivity index (χ2n) is 5.76. The molecule has 5 heteroatoms. The van der Waals surface area contributed by atoms with Crippen molar-refractivity contribution in [3.63, 3.8) is 0 Å². The van der Waals surface area contributed by atoms with Gasteiger partial charge in [0.05, 0.1) is 5.92 Å². The molecule has 0 unspecified atom stereocenters. The van der Waals surface area contributed by atoms with E-state index in [1.165, 1.54) is 25.7 Å². The maximum Gasteiger partial charge on any atom is 0.317 e. The van der Waals surface area contributed by atoms with Gasteiger partial charge in [0.15, 0.2) is 0 Å². The van der Waals surface area contributed by atoms with E-state index in [0.29, 0.717) is 19.5 Å². The molecule has 0 spiro atoms. The Hall–Kier alpha value is -1.26. The van der Waals surface area contributed by atoms with Crippen LogP contribution in [0.25, 0.3) is 0 Å². The van der Waals surface area contributed by atoms with Crippen molar-refractivity contribution in [3.05, 3.63) is 0 Å². The number of rotatable bonds is 2. The van der Waals surface area contributed by atoms with Gasteiger partial charge in [-0.2, -0.15) is 0 Å². The van der Waals surface area contributed by atoms with Crippen molar-refractivity contribution in [1.29, 1.82) is 0 Å². The number of hydrogen-bond donors (Lipinski definition) is 2. The predicted octanol–water partition coefficient (Wildman–Crippen LogP) is 2.22. The molecule has 0 bridgehead atoms. The summed E-state index contributed by atoms with van der Waals surface area (Å²) in [4.78, 5) is 24.8. The Kier molecular flexibility index (Phi) is 5.05. The fourth-order valence-electron chi connectivity index (χ4n) is 3.05. The molecule has 2 aliphatic rings. The van der Waals surface area contributed by atoms with Crippen LogP contribution in [-0.2, 0) is 4.79 Å². The summed E-state index contributed by atoms with van der Waals surface area (Å²) in [6.07, 6.45) is 8.47. The van der Waals surface area contributed by atoms with Crippen LogP contribution in [0.3, 0.4) is 0 Å². The number of urea groups is 1. The summed E-state index contributed by atoms with van der Waals surface area (Å²) in [6, 6.07) is 0.207. The van der Waals surface area contributed by atoms with E-state index in [0.717, 1.165) is 19.3 Å². The van der Waals surface area contributed by atoms with Crippen LogP contribution in [0, 0.1) is 5.92 Å². The highest BCUT2D eigenvalue weighted by Crippen LogP contribution is 2.19. The lowest BCUT2D eigenvalue weighted by atomic mass is 9.98. The van der Waals surface area contributed by atoms with Gasteiger partial charge in [-0.3, -0.25) is 4.79 Å². The summed E-state index contributed by atoms with van der Waals surface area (Å²) >= 11 is 0. The van der Waals surface area contributed by atoms with Gasteiger partial charge in [0, 0.05) is 19.1 Å². The molecular formula is C14H24N2O3. The first-order valence-electron chi connectivity index (χ1n) is 7.45. The van der Waals surface area contributed by atoms with Crippen LogP contribution >= 0.6 is 0 Å². The summed E-state index contributed by atoms with van der Waals surface area (Å²) in [6.45, 7) is 1.04. The number of amides is 2. The average molecular weight is 268 g/mol. The van der Waals surface area contributed by atoms with Crippen molar-refractivity contribution >= 4 is 12.0 Å². The van der Waals surface area contributed by atoms with Crippen molar-refractivity contribution in [1.82, 2.24) is 10.2 Å². The van der Waals surface area contributed by atoms with Crippen LogP contribution in [0.4, 0.5) is 4.79 Å². The van der Waals surface area contributed by atoms with E-state index in [-0.39, 0.29) is 12.1 Å². The topological polar surface area (TPSA) is 69.6 Å². The van der Waals surface area contributed by atoms with E-state index in [4.69, 9.17) is 5.11 Å². The molecule has 5 nitrogen and oxygen atoms in total. The predicted molar refractivity (Wildman–Crippen MR) is 72.0 cm³/mol. The number of carboxylic acids is 1. The van der Waals surface area contributed by atoms with Crippen molar-refractivity contribution in [3.8, 4) is 0 Å². The smallest absolute Gasteiger partial charge is 0.317 e. The van der Waals surface area contributed by atoms with Crippen LogP contribution in [0.5, 0.6) is 0 Å². The minimum Gasteiger partial charge on any atom is -0.481 e. The lowest BCUT2D eigenvalue weighted by Crippen LogP contribution is -2.49. The molecule has 2 N–H and O–H groups in total. The normalized spacial score (nSPS) is 25.7. The van der Waals surface area contributed by atoms with Gasteiger partial charge in [0.2, 0.25) is 0 Å². The third kappa shape index (κ3) is 4.11. The highest BCUT2D eigenvalue weighted by molar-refractivity contribution is 5.76. The third-order valence-corrected chi connectivity index (χ3v) is 4.24. The summed E-state index contributed by atoms with van der Waals surface area (Å²) in [5.41, 5.74) is 0. The van der Waals surface area contributed by atoms with E-state index in [1.54, 1.807) is 4.90 Å². The number of nitrogens with one attached hydrogen (secondary N) is 1. The molecule has 0 radical (unpaired) electrons. The SMILES string of the molecule is O=C(O)[C@@H]1CCCN(C(=O)NC2CCCCCC2)C1. The van der Waals surface area contributed by atoms with Crippen molar-refractivity contribution in [2.45, 2.75) is 57.4 Å². The molecule has 1 atom stereocenters. The first-order valence-corrected chi connectivity index (χ1v) is 7.45. The fourth-order valence-corrected chi connectivity index (χ4v) is 3.05. The second-order valence-corrected chi connectivity index (χ2v) is 5.76. The van der Waals surface area contributed by atoms with E-state index >= 15 is 0 Å². The molecule has 0 aromatic heterocycles. The standard InChI is InChI=1S/C14H24N2O3/c17-13(18)11-6-5-9-16(10-11)14(19)15-12-7-3-1-2-4-8-12/h11-12H,1-10H2,(H,15,19)(H,17,18)/t11-/m1/s1. The Labute approximate surface area is 114 Å². The van der Waals surface area contributed by atoms with Crippen LogP contribution in [-0.4, -0.2) is 41.1 Å². The number of piperidine rings is 1. The lowest BCUT2D eigenvalue weighted by molar-refractivity contribution is -0.143. The first-order chi connectivity index (χ1) is 9.16.